The van der Waals surface area contributed by atoms with Crippen LogP contribution in [0.15, 0.2) is 47.4 Å². The summed E-state index contributed by atoms with van der Waals surface area (Å²) in [5.41, 5.74) is 0.608. The molecule has 1 N–H and O–H groups in total. The smallest absolute Gasteiger partial charge is 0.264 e. The van der Waals surface area contributed by atoms with E-state index >= 15 is 0 Å². The number of amides is 1. The van der Waals surface area contributed by atoms with Crippen molar-refractivity contribution in [1.29, 1.82) is 0 Å². The summed E-state index contributed by atoms with van der Waals surface area (Å²) in [6, 6.07) is 8.63. The molecule has 1 amide bonds. The lowest BCUT2D eigenvalue weighted by Crippen LogP contribution is -2.42. The number of halogens is 2. The second-order valence-electron chi connectivity index (χ2n) is 4.65. The average Bonchev–Trinajstić information content (AvgIpc) is 2.49. The summed E-state index contributed by atoms with van der Waals surface area (Å²) in [6.45, 7) is -0.432. The molecule has 22 heavy (non-hydrogen) atoms. The summed E-state index contributed by atoms with van der Waals surface area (Å²) in [4.78, 5) is 11.3. The number of carbonyl (C=O) groups is 1. The van der Waals surface area contributed by atoms with Gasteiger partial charge in [-0.25, -0.2) is 17.2 Å². The summed E-state index contributed by atoms with van der Waals surface area (Å²) < 4.78 is 52.4. The Hall–Kier alpha value is -2.48. The van der Waals surface area contributed by atoms with Crippen LogP contribution in [0, 0.1) is 11.6 Å². The zero-order chi connectivity index (χ0) is 15.9. The number of nitrogens with one attached hydrogen (secondary N) is 1. The summed E-state index contributed by atoms with van der Waals surface area (Å²) in [6.07, 6.45) is 0. The highest BCUT2D eigenvalue weighted by molar-refractivity contribution is 7.92. The molecule has 2 aromatic rings. The van der Waals surface area contributed by atoms with E-state index in [9.17, 15) is 22.0 Å². The molecule has 0 radical (unpaired) electrons. The van der Waals surface area contributed by atoms with Gasteiger partial charge in [-0.15, -0.1) is 0 Å². The van der Waals surface area contributed by atoms with E-state index in [1.54, 1.807) is 18.2 Å². The van der Waals surface area contributed by atoms with Crippen molar-refractivity contribution in [3.05, 3.63) is 54.1 Å². The predicted molar refractivity (Wildman–Crippen MR) is 76.0 cm³/mol. The third kappa shape index (κ3) is 2.31. The molecular weight excluding hydrogens is 314 g/mol. The van der Waals surface area contributed by atoms with Crippen LogP contribution in [-0.4, -0.2) is 20.9 Å². The van der Waals surface area contributed by atoms with Crippen molar-refractivity contribution in [2.45, 2.75) is 4.90 Å². The lowest BCUT2D eigenvalue weighted by atomic mass is 10.2. The number of hydrogen-bond donors (Lipinski definition) is 1. The van der Waals surface area contributed by atoms with Crippen LogP contribution in [-0.2, 0) is 14.8 Å². The van der Waals surface area contributed by atoms with Gasteiger partial charge in [0.2, 0.25) is 5.91 Å². The van der Waals surface area contributed by atoms with Gasteiger partial charge in [-0.2, -0.15) is 0 Å². The van der Waals surface area contributed by atoms with E-state index in [4.69, 9.17) is 0 Å². The zero-order valence-corrected chi connectivity index (χ0v) is 11.9. The molecular formula is C14H10F2N2O3S. The third-order valence-corrected chi connectivity index (χ3v) is 4.97. The number of fused-ring (bicyclic) bond motifs is 1. The van der Waals surface area contributed by atoms with E-state index in [2.05, 4.69) is 5.32 Å². The molecule has 114 valence electrons. The number of benzene rings is 2. The highest BCUT2D eigenvalue weighted by Crippen LogP contribution is 2.33. The van der Waals surface area contributed by atoms with Gasteiger partial charge >= 0.3 is 0 Å². The van der Waals surface area contributed by atoms with Crippen molar-refractivity contribution in [3.63, 3.8) is 0 Å². The monoisotopic (exact) mass is 324 g/mol. The Bertz CT molecular complexity index is 868. The average molecular weight is 324 g/mol. The van der Waals surface area contributed by atoms with Crippen LogP contribution in [0.3, 0.4) is 0 Å². The molecule has 1 aliphatic heterocycles. The molecule has 8 heteroatoms. The molecule has 2 aromatic carbocycles. The van der Waals surface area contributed by atoms with Gasteiger partial charge in [0.05, 0.1) is 16.3 Å². The minimum atomic E-state index is -4.18. The first-order chi connectivity index (χ1) is 10.4. The van der Waals surface area contributed by atoms with Crippen molar-refractivity contribution in [1.82, 2.24) is 0 Å². The standard InChI is InChI=1S/C14H10F2N2O3S/c15-10-6-5-9(7-11(10)16)22(20,21)18-8-14(19)17-12-3-1-2-4-13(12)18/h1-7H,8H2,(H,17,19). The van der Waals surface area contributed by atoms with Gasteiger partial charge in [0.1, 0.15) is 6.54 Å². The molecule has 1 heterocycles. The largest absolute Gasteiger partial charge is 0.323 e. The van der Waals surface area contributed by atoms with Crippen molar-refractivity contribution >= 4 is 27.3 Å². The lowest BCUT2D eigenvalue weighted by Gasteiger charge is -2.30. The molecule has 0 spiro atoms. The second-order valence-corrected chi connectivity index (χ2v) is 6.52. The fourth-order valence-electron chi connectivity index (χ4n) is 2.18. The summed E-state index contributed by atoms with van der Waals surface area (Å²) in [5, 5.41) is 2.55. The number of para-hydroxylation sites is 2. The van der Waals surface area contributed by atoms with Gasteiger partial charge in [0.15, 0.2) is 11.6 Å². The minimum absolute atomic E-state index is 0.270. The van der Waals surface area contributed by atoms with Gasteiger partial charge in [-0.05, 0) is 30.3 Å². The minimum Gasteiger partial charge on any atom is -0.323 e. The first-order valence-electron chi connectivity index (χ1n) is 6.26. The molecule has 3 rings (SSSR count). The Morgan fingerprint density at radius 1 is 1.05 bits per heavy atom. The SMILES string of the molecule is O=C1CN(S(=O)(=O)c2ccc(F)c(F)c2)c2ccccc2N1. The number of nitrogens with zero attached hydrogens (tertiary/aromatic N) is 1. The summed E-state index contributed by atoms with van der Waals surface area (Å²) in [5.74, 6) is -2.92. The van der Waals surface area contributed by atoms with E-state index < -0.39 is 39.0 Å². The maximum absolute atomic E-state index is 13.3. The maximum atomic E-state index is 13.3. The van der Waals surface area contributed by atoms with E-state index in [0.717, 1.165) is 16.4 Å². The number of sulfonamides is 1. The van der Waals surface area contributed by atoms with Crippen LogP contribution in [0.4, 0.5) is 20.2 Å². The number of hydrogen-bond acceptors (Lipinski definition) is 3. The van der Waals surface area contributed by atoms with Gasteiger partial charge in [0, 0.05) is 0 Å². The van der Waals surface area contributed by atoms with E-state index in [-0.39, 0.29) is 5.69 Å². The lowest BCUT2D eigenvalue weighted by molar-refractivity contribution is -0.115. The van der Waals surface area contributed by atoms with Gasteiger partial charge < -0.3 is 5.32 Å². The Balaban J connectivity index is 2.13. The highest BCUT2D eigenvalue weighted by atomic mass is 32.2. The molecule has 0 atom stereocenters. The van der Waals surface area contributed by atoms with E-state index in [0.29, 0.717) is 11.8 Å². The van der Waals surface area contributed by atoms with Crippen LogP contribution >= 0.6 is 0 Å². The molecule has 0 fully saturated rings. The van der Waals surface area contributed by atoms with Gasteiger partial charge in [-0.1, -0.05) is 12.1 Å². The molecule has 0 unspecified atom stereocenters. The van der Waals surface area contributed by atoms with Gasteiger partial charge in [0.25, 0.3) is 10.0 Å². The van der Waals surface area contributed by atoms with Crippen LogP contribution in [0.2, 0.25) is 0 Å². The fourth-order valence-corrected chi connectivity index (χ4v) is 3.63. The van der Waals surface area contributed by atoms with Crippen LogP contribution in [0.1, 0.15) is 0 Å². The predicted octanol–water partition coefficient (Wildman–Crippen LogP) is 2.11. The van der Waals surface area contributed by atoms with Crippen LogP contribution in [0.5, 0.6) is 0 Å². The second kappa shape index (κ2) is 5.06. The highest BCUT2D eigenvalue weighted by Gasteiger charge is 2.32. The number of rotatable bonds is 2. The zero-order valence-electron chi connectivity index (χ0n) is 11.1. The van der Waals surface area contributed by atoms with Crippen molar-refractivity contribution in [3.8, 4) is 0 Å². The fraction of sp³-hybridized carbons (Fsp3) is 0.0714. The Labute approximate surface area is 125 Å². The van der Waals surface area contributed by atoms with E-state index in [1.807, 2.05) is 0 Å². The van der Waals surface area contributed by atoms with Gasteiger partial charge in [-0.3, -0.25) is 9.10 Å². The van der Waals surface area contributed by atoms with Crippen molar-refractivity contribution < 1.29 is 22.0 Å². The van der Waals surface area contributed by atoms with Crippen LogP contribution in [0.25, 0.3) is 0 Å². The summed E-state index contributed by atoms with van der Waals surface area (Å²) in [7, 11) is -4.18. The topological polar surface area (TPSA) is 66.5 Å². The molecule has 0 aromatic heterocycles. The Morgan fingerprint density at radius 3 is 2.50 bits per heavy atom. The first-order valence-corrected chi connectivity index (χ1v) is 7.70. The first kappa shape index (κ1) is 14.5. The molecule has 1 aliphatic rings. The molecule has 0 aliphatic carbocycles. The third-order valence-electron chi connectivity index (χ3n) is 3.21. The molecule has 0 bridgehead atoms. The molecule has 5 nitrogen and oxygen atoms in total. The molecule has 0 saturated carbocycles. The maximum Gasteiger partial charge on any atom is 0.264 e. The number of carbonyl (C=O) groups excluding carboxylic acids is 1. The Kier molecular flexibility index (Phi) is 3.32. The number of anilines is 2. The summed E-state index contributed by atoms with van der Waals surface area (Å²) >= 11 is 0. The molecule has 0 saturated heterocycles. The van der Waals surface area contributed by atoms with E-state index in [1.165, 1.54) is 6.07 Å². The Morgan fingerprint density at radius 2 is 1.77 bits per heavy atom. The van der Waals surface area contributed by atoms with Crippen LogP contribution < -0.4 is 9.62 Å². The van der Waals surface area contributed by atoms with Crippen molar-refractivity contribution in [2.75, 3.05) is 16.2 Å². The quantitative estimate of drug-likeness (QED) is 0.920. The van der Waals surface area contributed by atoms with Crippen molar-refractivity contribution in [2.24, 2.45) is 0 Å². The normalized spacial score (nSPS) is 14.5.